The van der Waals surface area contributed by atoms with Crippen molar-refractivity contribution < 1.29 is 4.79 Å². The Morgan fingerprint density at radius 2 is 2.14 bits per heavy atom. The van der Waals surface area contributed by atoms with E-state index >= 15 is 0 Å². The molecule has 114 valence electrons. The summed E-state index contributed by atoms with van der Waals surface area (Å²) >= 11 is 0. The van der Waals surface area contributed by atoms with Crippen LogP contribution in [0.4, 0.5) is 0 Å². The number of rotatable bonds is 5. The largest absolute Gasteiger partial charge is 0.346 e. The summed E-state index contributed by atoms with van der Waals surface area (Å²) in [5, 5.41) is 3.13. The summed E-state index contributed by atoms with van der Waals surface area (Å²) in [6, 6.07) is 8.02. The lowest BCUT2D eigenvalue weighted by molar-refractivity contribution is 0.0944. The van der Waals surface area contributed by atoms with Crippen LogP contribution in [0.25, 0.3) is 0 Å². The number of carbonyl (C=O) groups excluding carboxylic acids is 1. The van der Waals surface area contributed by atoms with Crippen LogP contribution in [0.2, 0.25) is 0 Å². The molecular weight excluding hydrogens is 260 g/mol. The zero-order valence-corrected chi connectivity index (χ0v) is 13.4. The maximum Gasteiger partial charge on any atom is 0.251 e. The first-order valence-electron chi connectivity index (χ1n) is 7.79. The van der Waals surface area contributed by atoms with Crippen molar-refractivity contribution in [3.63, 3.8) is 0 Å². The topological polar surface area (TPSA) is 32.3 Å². The fourth-order valence-electron chi connectivity index (χ4n) is 2.81. The predicted molar refractivity (Wildman–Crippen MR) is 87.3 cm³/mol. The van der Waals surface area contributed by atoms with Crippen LogP contribution in [-0.2, 0) is 6.54 Å². The summed E-state index contributed by atoms with van der Waals surface area (Å²) < 4.78 is 0. The van der Waals surface area contributed by atoms with Gasteiger partial charge in [0.15, 0.2) is 0 Å². The van der Waals surface area contributed by atoms with Crippen molar-refractivity contribution in [1.29, 1.82) is 0 Å². The molecule has 0 spiro atoms. The molecule has 0 saturated heterocycles. The summed E-state index contributed by atoms with van der Waals surface area (Å²) in [7, 11) is 4.06. The van der Waals surface area contributed by atoms with Crippen molar-refractivity contribution in [3.8, 4) is 0 Å². The van der Waals surface area contributed by atoms with Gasteiger partial charge in [-0.15, -0.1) is 0 Å². The maximum absolute atomic E-state index is 12.4. The van der Waals surface area contributed by atoms with Crippen LogP contribution in [0, 0.1) is 0 Å². The predicted octanol–water partition coefficient (Wildman–Crippen LogP) is 3.37. The van der Waals surface area contributed by atoms with Crippen LogP contribution in [0.15, 0.2) is 35.9 Å². The summed E-state index contributed by atoms with van der Waals surface area (Å²) in [6.45, 7) is 2.93. The van der Waals surface area contributed by atoms with E-state index in [0.29, 0.717) is 0 Å². The van der Waals surface area contributed by atoms with E-state index in [1.807, 2.05) is 32.3 Å². The number of benzene rings is 1. The second kappa shape index (κ2) is 7.41. The Balaban J connectivity index is 2.01. The first kappa shape index (κ1) is 15.8. The molecule has 1 aliphatic carbocycles. The minimum Gasteiger partial charge on any atom is -0.346 e. The fraction of sp³-hybridized carbons (Fsp3) is 0.500. The normalized spacial score (nSPS) is 16.5. The van der Waals surface area contributed by atoms with E-state index in [1.165, 1.54) is 18.4 Å². The molecular formula is C18H26N2O. The van der Waals surface area contributed by atoms with E-state index < -0.39 is 0 Å². The van der Waals surface area contributed by atoms with Gasteiger partial charge in [-0.05, 0) is 64.4 Å². The van der Waals surface area contributed by atoms with Crippen molar-refractivity contribution in [2.24, 2.45) is 0 Å². The van der Waals surface area contributed by atoms with Crippen molar-refractivity contribution in [2.45, 2.75) is 45.2 Å². The van der Waals surface area contributed by atoms with Crippen LogP contribution in [0.3, 0.4) is 0 Å². The number of carbonyl (C=O) groups is 1. The maximum atomic E-state index is 12.4. The van der Waals surface area contributed by atoms with Crippen molar-refractivity contribution in [2.75, 3.05) is 14.1 Å². The summed E-state index contributed by atoms with van der Waals surface area (Å²) in [4.78, 5) is 14.5. The number of allylic oxidation sites excluding steroid dienone is 1. The van der Waals surface area contributed by atoms with Crippen molar-refractivity contribution >= 4 is 5.91 Å². The molecule has 1 atom stereocenters. The molecule has 0 heterocycles. The second-order valence-electron chi connectivity index (χ2n) is 6.16. The Kier molecular flexibility index (Phi) is 5.57. The Bertz CT molecular complexity index is 520. The average molecular weight is 286 g/mol. The van der Waals surface area contributed by atoms with E-state index in [2.05, 4.69) is 29.3 Å². The molecule has 3 nitrogen and oxygen atoms in total. The number of hydrogen-bond acceptors (Lipinski definition) is 2. The van der Waals surface area contributed by atoms with Crippen LogP contribution < -0.4 is 5.32 Å². The average Bonchev–Trinajstić information content (AvgIpc) is 2.47. The van der Waals surface area contributed by atoms with Crippen molar-refractivity contribution in [1.82, 2.24) is 10.2 Å². The van der Waals surface area contributed by atoms with Gasteiger partial charge in [-0.3, -0.25) is 4.79 Å². The highest BCUT2D eigenvalue weighted by molar-refractivity contribution is 5.94. The Morgan fingerprint density at radius 1 is 1.33 bits per heavy atom. The first-order valence-corrected chi connectivity index (χ1v) is 7.79. The molecule has 1 aliphatic rings. The second-order valence-corrected chi connectivity index (χ2v) is 6.16. The van der Waals surface area contributed by atoms with Gasteiger partial charge in [-0.2, -0.15) is 0 Å². The van der Waals surface area contributed by atoms with Gasteiger partial charge in [-0.1, -0.05) is 23.8 Å². The van der Waals surface area contributed by atoms with Gasteiger partial charge in [0, 0.05) is 18.2 Å². The van der Waals surface area contributed by atoms with E-state index in [-0.39, 0.29) is 11.9 Å². The van der Waals surface area contributed by atoms with Gasteiger partial charge in [0.05, 0.1) is 0 Å². The first-order chi connectivity index (χ1) is 10.1. The van der Waals surface area contributed by atoms with E-state index in [1.54, 1.807) is 0 Å². The minimum absolute atomic E-state index is 0.0228. The SMILES string of the molecule is CC(NC(=O)c1cccc(CN(C)C)c1)C1=CCCCC1. The molecule has 1 N–H and O–H groups in total. The molecule has 1 aromatic carbocycles. The molecule has 0 aliphatic heterocycles. The number of nitrogens with one attached hydrogen (secondary N) is 1. The highest BCUT2D eigenvalue weighted by Gasteiger charge is 2.15. The molecule has 2 rings (SSSR count). The zero-order chi connectivity index (χ0) is 15.2. The standard InChI is InChI=1S/C18H26N2O/c1-14(16-9-5-4-6-10-16)19-18(21)17-11-7-8-15(12-17)13-20(2)3/h7-9,11-12,14H,4-6,10,13H2,1-3H3,(H,19,21). The van der Waals surface area contributed by atoms with Crippen LogP contribution in [0.5, 0.6) is 0 Å². The molecule has 0 aromatic heterocycles. The highest BCUT2D eigenvalue weighted by atomic mass is 16.1. The molecule has 0 saturated carbocycles. The summed E-state index contributed by atoms with van der Waals surface area (Å²) in [6.07, 6.45) is 7.06. The Morgan fingerprint density at radius 3 is 2.81 bits per heavy atom. The molecule has 1 unspecified atom stereocenters. The highest BCUT2D eigenvalue weighted by Crippen LogP contribution is 2.20. The molecule has 3 heteroatoms. The lowest BCUT2D eigenvalue weighted by atomic mass is 9.94. The Hall–Kier alpha value is -1.61. The van der Waals surface area contributed by atoms with Crippen molar-refractivity contribution in [3.05, 3.63) is 47.0 Å². The monoisotopic (exact) mass is 286 g/mol. The molecule has 0 bridgehead atoms. The van der Waals surface area contributed by atoms with Crippen LogP contribution in [0.1, 0.15) is 48.5 Å². The molecule has 0 radical (unpaired) electrons. The third kappa shape index (κ3) is 4.71. The van der Waals surface area contributed by atoms with Gasteiger partial charge < -0.3 is 10.2 Å². The smallest absolute Gasteiger partial charge is 0.251 e. The quantitative estimate of drug-likeness (QED) is 0.842. The lowest BCUT2D eigenvalue weighted by Crippen LogP contribution is -2.34. The summed E-state index contributed by atoms with van der Waals surface area (Å²) in [5.74, 6) is 0.0228. The lowest BCUT2D eigenvalue weighted by Gasteiger charge is -2.21. The molecule has 0 fully saturated rings. The van der Waals surface area contributed by atoms with E-state index in [4.69, 9.17) is 0 Å². The van der Waals surface area contributed by atoms with Gasteiger partial charge in [0.2, 0.25) is 0 Å². The fourth-order valence-corrected chi connectivity index (χ4v) is 2.81. The van der Waals surface area contributed by atoms with E-state index in [9.17, 15) is 4.79 Å². The van der Waals surface area contributed by atoms with Gasteiger partial charge in [0.25, 0.3) is 5.91 Å². The third-order valence-electron chi connectivity index (χ3n) is 3.92. The minimum atomic E-state index is 0.0228. The van der Waals surface area contributed by atoms with Gasteiger partial charge in [0.1, 0.15) is 0 Å². The number of hydrogen-bond donors (Lipinski definition) is 1. The zero-order valence-electron chi connectivity index (χ0n) is 13.4. The molecule has 1 amide bonds. The van der Waals surface area contributed by atoms with Crippen LogP contribution >= 0.6 is 0 Å². The third-order valence-corrected chi connectivity index (χ3v) is 3.92. The van der Waals surface area contributed by atoms with Gasteiger partial charge >= 0.3 is 0 Å². The Labute approximate surface area is 128 Å². The number of amides is 1. The van der Waals surface area contributed by atoms with Gasteiger partial charge in [-0.25, -0.2) is 0 Å². The van der Waals surface area contributed by atoms with Crippen LogP contribution in [-0.4, -0.2) is 30.9 Å². The molecule has 1 aromatic rings. The van der Waals surface area contributed by atoms with E-state index in [0.717, 1.165) is 30.5 Å². The molecule has 21 heavy (non-hydrogen) atoms. The number of nitrogens with zero attached hydrogens (tertiary/aromatic N) is 1. The summed E-state index contributed by atoms with van der Waals surface area (Å²) in [5.41, 5.74) is 3.29.